The number of halogens is 1. The average Bonchev–Trinajstić information content (AvgIpc) is 2.75. The molecule has 0 fully saturated rings. The van der Waals surface area contributed by atoms with Gasteiger partial charge in [0.1, 0.15) is 0 Å². The number of carbonyl (C=O) groups excluding carboxylic acids is 1. The molecule has 2 rings (SSSR count). The number of amides is 1. The average molecular weight is 301 g/mol. The van der Waals surface area contributed by atoms with Gasteiger partial charge in [-0.2, -0.15) is 0 Å². The zero-order chi connectivity index (χ0) is 13.1. The highest BCUT2D eigenvalue weighted by Gasteiger charge is 2.10. The second kappa shape index (κ2) is 5.60. The lowest BCUT2D eigenvalue weighted by Gasteiger charge is -2.06. The van der Waals surface area contributed by atoms with Crippen molar-refractivity contribution in [2.45, 2.75) is 11.4 Å². The van der Waals surface area contributed by atoms with Crippen LogP contribution in [0.4, 0.5) is 0 Å². The molecule has 0 saturated heterocycles. The summed E-state index contributed by atoms with van der Waals surface area (Å²) in [4.78, 5) is 25.9. The van der Waals surface area contributed by atoms with Crippen molar-refractivity contribution >= 4 is 41.5 Å². The smallest absolute Gasteiger partial charge is 0.304 e. The predicted molar refractivity (Wildman–Crippen MR) is 74.8 cm³/mol. The third-order valence-corrected chi connectivity index (χ3v) is 3.53. The number of nitrogens with one attached hydrogen (secondary N) is 2. The van der Waals surface area contributed by atoms with Gasteiger partial charge >= 0.3 is 4.87 Å². The van der Waals surface area contributed by atoms with E-state index in [4.69, 9.17) is 11.6 Å². The summed E-state index contributed by atoms with van der Waals surface area (Å²) in [6, 6.07) is 4.92. The lowest BCUT2D eigenvalue weighted by molar-refractivity contribution is 0.0950. The molecule has 1 amide bonds. The summed E-state index contributed by atoms with van der Waals surface area (Å²) in [5.41, 5.74) is 1.03. The van der Waals surface area contributed by atoms with Crippen molar-refractivity contribution in [3.05, 3.63) is 49.5 Å². The van der Waals surface area contributed by atoms with Crippen LogP contribution in [0.15, 0.2) is 33.3 Å². The van der Waals surface area contributed by atoms with Gasteiger partial charge in [0.2, 0.25) is 0 Å². The van der Waals surface area contributed by atoms with Gasteiger partial charge in [0, 0.05) is 16.0 Å². The normalized spacial score (nSPS) is 10.3. The van der Waals surface area contributed by atoms with Crippen LogP contribution in [0.5, 0.6) is 0 Å². The first kappa shape index (κ1) is 13.2. The fourth-order valence-corrected chi connectivity index (χ4v) is 2.35. The van der Waals surface area contributed by atoms with E-state index >= 15 is 0 Å². The number of hydrogen-bond donors (Lipinski definition) is 3. The fraction of sp³-hybridized carbons (Fsp3) is 0.0909. The van der Waals surface area contributed by atoms with Crippen LogP contribution in [-0.4, -0.2) is 10.9 Å². The molecule has 0 aliphatic rings. The molecular weight excluding hydrogens is 292 g/mol. The van der Waals surface area contributed by atoms with E-state index in [2.05, 4.69) is 22.9 Å². The van der Waals surface area contributed by atoms with Crippen LogP contribution in [0.25, 0.3) is 0 Å². The van der Waals surface area contributed by atoms with Crippen molar-refractivity contribution in [3.8, 4) is 0 Å². The molecular formula is C11H9ClN2O2S2. The summed E-state index contributed by atoms with van der Waals surface area (Å²) >= 11 is 11.1. The van der Waals surface area contributed by atoms with Crippen molar-refractivity contribution in [1.29, 1.82) is 0 Å². The molecule has 0 spiro atoms. The van der Waals surface area contributed by atoms with Gasteiger partial charge in [-0.3, -0.25) is 9.59 Å². The fourth-order valence-electron chi connectivity index (χ4n) is 1.36. The van der Waals surface area contributed by atoms with Gasteiger partial charge in [0.15, 0.2) is 0 Å². The quantitative estimate of drug-likeness (QED) is 0.762. The lowest BCUT2D eigenvalue weighted by atomic mass is 10.2. The Hall–Kier alpha value is -1.24. The summed E-state index contributed by atoms with van der Waals surface area (Å²) in [7, 11) is 0. The van der Waals surface area contributed by atoms with Crippen molar-refractivity contribution < 1.29 is 4.79 Å². The van der Waals surface area contributed by atoms with Crippen molar-refractivity contribution in [3.63, 3.8) is 0 Å². The lowest BCUT2D eigenvalue weighted by Crippen LogP contribution is -2.23. The molecule has 0 radical (unpaired) electrons. The Labute approximate surface area is 117 Å². The van der Waals surface area contributed by atoms with E-state index in [0.717, 1.165) is 11.3 Å². The van der Waals surface area contributed by atoms with Gasteiger partial charge in [-0.05, 0) is 18.2 Å². The maximum Gasteiger partial charge on any atom is 0.304 e. The van der Waals surface area contributed by atoms with E-state index in [1.54, 1.807) is 23.6 Å². The van der Waals surface area contributed by atoms with Crippen LogP contribution in [0.3, 0.4) is 0 Å². The Bertz CT molecular complexity index is 636. The minimum atomic E-state index is -0.303. The van der Waals surface area contributed by atoms with E-state index in [0.29, 0.717) is 21.2 Å². The molecule has 2 aromatic rings. The molecule has 2 N–H and O–H groups in total. The van der Waals surface area contributed by atoms with Gasteiger partial charge in [0.25, 0.3) is 5.91 Å². The maximum atomic E-state index is 11.9. The van der Waals surface area contributed by atoms with Crippen LogP contribution in [0.2, 0.25) is 5.02 Å². The molecule has 0 saturated carbocycles. The molecule has 0 aliphatic heterocycles. The number of aromatic nitrogens is 1. The first-order chi connectivity index (χ1) is 8.56. The van der Waals surface area contributed by atoms with Crippen LogP contribution in [-0.2, 0) is 6.54 Å². The van der Waals surface area contributed by atoms with E-state index in [1.807, 2.05) is 0 Å². The Balaban J connectivity index is 2.08. The summed E-state index contributed by atoms with van der Waals surface area (Å²) < 4.78 is 0. The van der Waals surface area contributed by atoms with Gasteiger partial charge in [-0.25, -0.2) is 0 Å². The molecule has 1 heterocycles. The number of benzene rings is 1. The molecule has 0 unspecified atom stereocenters. The highest BCUT2D eigenvalue weighted by atomic mass is 35.5. The van der Waals surface area contributed by atoms with Gasteiger partial charge in [-0.15, -0.1) is 12.6 Å². The van der Waals surface area contributed by atoms with Crippen LogP contribution < -0.4 is 10.2 Å². The Morgan fingerprint density at radius 3 is 2.94 bits per heavy atom. The predicted octanol–water partition coefficient (Wildman–Crippen LogP) is 2.31. The monoisotopic (exact) mass is 300 g/mol. The molecule has 0 aliphatic carbocycles. The van der Waals surface area contributed by atoms with Gasteiger partial charge < -0.3 is 10.3 Å². The van der Waals surface area contributed by atoms with E-state index in [1.165, 1.54) is 0 Å². The number of thiol groups is 1. The Morgan fingerprint density at radius 1 is 1.50 bits per heavy atom. The molecule has 0 bridgehead atoms. The number of aromatic amines is 1. The Kier molecular flexibility index (Phi) is 4.11. The second-order valence-corrected chi connectivity index (χ2v) is 5.29. The largest absolute Gasteiger partial charge is 0.346 e. The number of thiazole rings is 1. The van der Waals surface area contributed by atoms with Crippen molar-refractivity contribution in [1.82, 2.24) is 10.3 Å². The van der Waals surface area contributed by atoms with Crippen LogP contribution in [0.1, 0.15) is 16.1 Å². The molecule has 94 valence electrons. The topological polar surface area (TPSA) is 62.0 Å². The second-order valence-electron chi connectivity index (χ2n) is 3.52. The molecule has 4 nitrogen and oxygen atoms in total. The Morgan fingerprint density at radius 2 is 2.28 bits per heavy atom. The summed E-state index contributed by atoms with van der Waals surface area (Å²) in [5.74, 6) is -0.303. The number of hydrogen-bond acceptors (Lipinski definition) is 4. The zero-order valence-corrected chi connectivity index (χ0v) is 11.5. The third kappa shape index (κ3) is 3.16. The summed E-state index contributed by atoms with van der Waals surface area (Å²) in [6.07, 6.45) is 0. The molecule has 1 aromatic carbocycles. The van der Waals surface area contributed by atoms with E-state index in [9.17, 15) is 9.59 Å². The maximum absolute atomic E-state index is 11.9. The van der Waals surface area contributed by atoms with Crippen molar-refractivity contribution in [2.75, 3.05) is 0 Å². The van der Waals surface area contributed by atoms with Gasteiger partial charge in [0.05, 0.1) is 17.1 Å². The number of carbonyl (C=O) groups is 1. The molecule has 7 heteroatoms. The first-order valence-corrected chi connectivity index (χ1v) is 6.70. The first-order valence-electron chi connectivity index (χ1n) is 4.99. The highest BCUT2D eigenvalue weighted by Crippen LogP contribution is 2.19. The minimum Gasteiger partial charge on any atom is -0.346 e. The number of H-pyrrole nitrogens is 1. The minimum absolute atomic E-state index is 0.144. The van der Waals surface area contributed by atoms with Gasteiger partial charge in [-0.1, -0.05) is 22.9 Å². The third-order valence-electron chi connectivity index (χ3n) is 2.20. The van der Waals surface area contributed by atoms with Crippen LogP contribution in [0, 0.1) is 0 Å². The standard InChI is InChI=1S/C11H9ClN2O2S2/c12-9-2-1-7(17)3-8(9)10(15)13-4-6-5-18-11(16)14-6/h1-3,5,17H,4H2,(H,13,15)(H,14,16). The molecule has 0 atom stereocenters. The van der Waals surface area contributed by atoms with Crippen LogP contribution >= 0.6 is 35.6 Å². The number of rotatable bonds is 3. The highest BCUT2D eigenvalue weighted by molar-refractivity contribution is 7.80. The molecule has 18 heavy (non-hydrogen) atoms. The van der Waals surface area contributed by atoms with E-state index in [-0.39, 0.29) is 17.3 Å². The zero-order valence-electron chi connectivity index (χ0n) is 9.07. The van der Waals surface area contributed by atoms with E-state index < -0.39 is 0 Å². The summed E-state index contributed by atoms with van der Waals surface area (Å²) in [5, 5.41) is 4.71. The summed E-state index contributed by atoms with van der Waals surface area (Å²) in [6.45, 7) is 0.255. The van der Waals surface area contributed by atoms with Crippen molar-refractivity contribution in [2.24, 2.45) is 0 Å². The molecule has 1 aromatic heterocycles. The SMILES string of the molecule is O=C(NCc1csc(=O)[nH]1)c1cc(S)ccc1Cl.